The summed E-state index contributed by atoms with van der Waals surface area (Å²) in [7, 11) is 0. The highest BCUT2D eigenvalue weighted by molar-refractivity contribution is 5.96. The fraction of sp³-hybridized carbons (Fsp3) is 0.111. The number of phenolic OH excluding ortho intramolecular Hbond substituents is 1. The van der Waals surface area contributed by atoms with Crippen LogP contribution in [0, 0.1) is 0 Å². The van der Waals surface area contributed by atoms with E-state index in [1.54, 1.807) is 0 Å². The minimum Gasteiger partial charge on any atom is -0.508 e. The van der Waals surface area contributed by atoms with E-state index in [0.717, 1.165) is 0 Å². The first-order valence-electron chi connectivity index (χ1n) is 4.20. The van der Waals surface area contributed by atoms with Crippen molar-refractivity contribution in [3.63, 3.8) is 0 Å². The molecule has 0 fully saturated rings. The monoisotopic (exact) mass is 209 g/mol. The molecule has 0 saturated carbocycles. The zero-order valence-corrected chi connectivity index (χ0v) is 7.86. The lowest BCUT2D eigenvalue weighted by Gasteiger charge is -2.03. The van der Waals surface area contributed by atoms with Crippen molar-refractivity contribution in [2.45, 2.75) is 0 Å². The molecule has 0 aliphatic carbocycles. The quantitative estimate of drug-likeness (QED) is 0.294. The Bertz CT molecular complexity index is 361. The van der Waals surface area contributed by atoms with Crippen molar-refractivity contribution in [2.24, 2.45) is 5.84 Å². The fourth-order valence-electron chi connectivity index (χ4n) is 0.926. The number of aromatic hydroxyl groups is 1. The maximum Gasteiger partial charge on any atom is 0.253 e. The number of carbonyl (C=O) groups excluding carboxylic acids is 2. The maximum atomic E-state index is 11.4. The van der Waals surface area contributed by atoms with Crippen LogP contribution in [0.1, 0.15) is 10.4 Å². The standard InChI is InChI=1S/C9H11N3O3/c10-12-8(14)5-11-9(15)6-1-3-7(13)4-2-6/h1-4,13H,5,10H2,(H,11,15)(H,12,14). The molecule has 0 heterocycles. The van der Waals surface area contributed by atoms with Crippen molar-refractivity contribution in [1.29, 1.82) is 0 Å². The molecule has 1 aromatic carbocycles. The van der Waals surface area contributed by atoms with Crippen molar-refractivity contribution in [3.8, 4) is 5.75 Å². The summed E-state index contributed by atoms with van der Waals surface area (Å²) in [6.45, 7) is -0.184. The number of hydrazine groups is 1. The highest BCUT2D eigenvalue weighted by Gasteiger charge is 2.06. The van der Waals surface area contributed by atoms with E-state index in [1.807, 2.05) is 5.43 Å². The van der Waals surface area contributed by atoms with Gasteiger partial charge in [-0.15, -0.1) is 0 Å². The highest BCUT2D eigenvalue weighted by atomic mass is 16.3. The number of amides is 2. The second-order valence-electron chi connectivity index (χ2n) is 2.80. The Morgan fingerprint density at radius 1 is 1.27 bits per heavy atom. The first-order chi connectivity index (χ1) is 7.13. The molecule has 2 amide bonds. The third kappa shape index (κ3) is 3.28. The second kappa shape index (κ2) is 4.97. The van der Waals surface area contributed by atoms with Gasteiger partial charge in [-0.1, -0.05) is 0 Å². The summed E-state index contributed by atoms with van der Waals surface area (Å²) in [4.78, 5) is 22.1. The molecular formula is C9H11N3O3. The third-order valence-electron chi connectivity index (χ3n) is 1.70. The SMILES string of the molecule is NNC(=O)CNC(=O)c1ccc(O)cc1. The summed E-state index contributed by atoms with van der Waals surface area (Å²) in [5, 5.41) is 11.3. The number of hydrogen-bond acceptors (Lipinski definition) is 4. The number of carbonyl (C=O) groups is 2. The topological polar surface area (TPSA) is 104 Å². The number of nitrogens with two attached hydrogens (primary N) is 1. The van der Waals surface area contributed by atoms with Gasteiger partial charge in [0.1, 0.15) is 5.75 Å². The molecule has 0 spiro atoms. The van der Waals surface area contributed by atoms with Crippen molar-refractivity contribution in [3.05, 3.63) is 29.8 Å². The highest BCUT2D eigenvalue weighted by Crippen LogP contribution is 2.08. The van der Waals surface area contributed by atoms with E-state index in [0.29, 0.717) is 5.56 Å². The Labute approximate surface area is 86.1 Å². The number of phenols is 1. The first kappa shape index (κ1) is 11.0. The van der Waals surface area contributed by atoms with Crippen molar-refractivity contribution < 1.29 is 14.7 Å². The largest absolute Gasteiger partial charge is 0.508 e. The lowest BCUT2D eigenvalue weighted by Crippen LogP contribution is -2.40. The lowest BCUT2D eigenvalue weighted by molar-refractivity contribution is -0.120. The molecule has 80 valence electrons. The van der Waals surface area contributed by atoms with Crippen LogP contribution < -0.4 is 16.6 Å². The molecule has 5 N–H and O–H groups in total. The van der Waals surface area contributed by atoms with Gasteiger partial charge in [-0.3, -0.25) is 15.0 Å². The van der Waals surface area contributed by atoms with E-state index in [9.17, 15) is 9.59 Å². The molecule has 0 atom stereocenters. The van der Waals surface area contributed by atoms with Gasteiger partial charge < -0.3 is 10.4 Å². The summed E-state index contributed by atoms with van der Waals surface area (Å²) < 4.78 is 0. The molecule has 0 radical (unpaired) electrons. The summed E-state index contributed by atoms with van der Waals surface area (Å²) in [6.07, 6.45) is 0. The van der Waals surface area contributed by atoms with Crippen LogP contribution >= 0.6 is 0 Å². The third-order valence-corrected chi connectivity index (χ3v) is 1.70. The molecule has 15 heavy (non-hydrogen) atoms. The molecule has 6 heteroatoms. The minimum atomic E-state index is -0.484. The second-order valence-corrected chi connectivity index (χ2v) is 2.80. The van der Waals surface area contributed by atoms with Gasteiger partial charge in [-0.25, -0.2) is 5.84 Å². The van der Waals surface area contributed by atoms with Crippen LogP contribution in [-0.4, -0.2) is 23.5 Å². The maximum absolute atomic E-state index is 11.4. The van der Waals surface area contributed by atoms with E-state index < -0.39 is 11.8 Å². The predicted octanol–water partition coefficient (Wildman–Crippen LogP) is -0.888. The first-order valence-corrected chi connectivity index (χ1v) is 4.20. The molecule has 1 rings (SSSR count). The Morgan fingerprint density at radius 3 is 2.40 bits per heavy atom. The smallest absolute Gasteiger partial charge is 0.253 e. The summed E-state index contributed by atoms with van der Waals surface area (Å²) in [5.41, 5.74) is 2.25. The minimum absolute atomic E-state index is 0.0752. The number of hydrogen-bond donors (Lipinski definition) is 4. The van der Waals surface area contributed by atoms with Gasteiger partial charge in [0.15, 0.2) is 0 Å². The summed E-state index contributed by atoms with van der Waals surface area (Å²) >= 11 is 0. The molecule has 1 aromatic rings. The van der Waals surface area contributed by atoms with Crippen LogP contribution in [0.3, 0.4) is 0 Å². The van der Waals surface area contributed by atoms with E-state index in [4.69, 9.17) is 10.9 Å². The molecule has 0 unspecified atom stereocenters. The van der Waals surface area contributed by atoms with Gasteiger partial charge in [-0.2, -0.15) is 0 Å². The Hall–Kier alpha value is -2.08. The van der Waals surface area contributed by atoms with Gasteiger partial charge in [0, 0.05) is 5.56 Å². The number of rotatable bonds is 3. The molecular weight excluding hydrogens is 198 g/mol. The molecule has 0 bridgehead atoms. The van der Waals surface area contributed by atoms with Crippen LogP contribution in [-0.2, 0) is 4.79 Å². The Kier molecular flexibility index (Phi) is 3.64. The molecule has 0 saturated heterocycles. The average Bonchev–Trinajstić information content (AvgIpc) is 2.26. The van der Waals surface area contributed by atoms with Crippen LogP contribution in [0.2, 0.25) is 0 Å². The summed E-state index contributed by atoms with van der Waals surface area (Å²) in [6, 6.07) is 5.67. The van der Waals surface area contributed by atoms with Gasteiger partial charge in [-0.05, 0) is 24.3 Å². The molecule has 0 aliphatic heterocycles. The van der Waals surface area contributed by atoms with Crippen LogP contribution in [0.25, 0.3) is 0 Å². The van der Waals surface area contributed by atoms with E-state index in [1.165, 1.54) is 24.3 Å². The molecule has 0 aromatic heterocycles. The number of nitrogens with one attached hydrogen (secondary N) is 2. The number of benzene rings is 1. The summed E-state index contributed by atoms with van der Waals surface area (Å²) in [5.74, 6) is 4.02. The lowest BCUT2D eigenvalue weighted by atomic mass is 10.2. The van der Waals surface area contributed by atoms with Gasteiger partial charge >= 0.3 is 0 Å². The van der Waals surface area contributed by atoms with Crippen LogP contribution in [0.5, 0.6) is 5.75 Å². The van der Waals surface area contributed by atoms with Crippen LogP contribution in [0.4, 0.5) is 0 Å². The van der Waals surface area contributed by atoms with Crippen molar-refractivity contribution in [2.75, 3.05) is 6.54 Å². The molecule has 6 nitrogen and oxygen atoms in total. The molecule has 0 aliphatic rings. The predicted molar refractivity (Wildman–Crippen MR) is 52.8 cm³/mol. The normalized spacial score (nSPS) is 9.40. The Morgan fingerprint density at radius 2 is 1.87 bits per heavy atom. The zero-order valence-electron chi connectivity index (χ0n) is 7.86. The van der Waals surface area contributed by atoms with Gasteiger partial charge in [0.05, 0.1) is 6.54 Å². The van der Waals surface area contributed by atoms with E-state index in [2.05, 4.69) is 5.32 Å². The van der Waals surface area contributed by atoms with E-state index >= 15 is 0 Å². The van der Waals surface area contributed by atoms with Crippen molar-refractivity contribution >= 4 is 11.8 Å². The van der Waals surface area contributed by atoms with E-state index in [-0.39, 0.29) is 12.3 Å². The van der Waals surface area contributed by atoms with Gasteiger partial charge in [0.25, 0.3) is 11.8 Å². The van der Waals surface area contributed by atoms with Gasteiger partial charge in [0.2, 0.25) is 0 Å². The zero-order chi connectivity index (χ0) is 11.3. The van der Waals surface area contributed by atoms with Crippen molar-refractivity contribution in [1.82, 2.24) is 10.7 Å². The average molecular weight is 209 g/mol. The Balaban J connectivity index is 2.54. The fourth-order valence-corrected chi connectivity index (χ4v) is 0.926. The van der Waals surface area contributed by atoms with Crippen LogP contribution in [0.15, 0.2) is 24.3 Å².